The van der Waals surface area contributed by atoms with Crippen molar-refractivity contribution in [2.45, 2.75) is 43.3 Å². The van der Waals surface area contributed by atoms with Gasteiger partial charge in [0.1, 0.15) is 11.9 Å². The van der Waals surface area contributed by atoms with Crippen molar-refractivity contribution in [3.05, 3.63) is 65.7 Å². The van der Waals surface area contributed by atoms with Gasteiger partial charge in [-0.05, 0) is 30.0 Å². The van der Waals surface area contributed by atoms with Crippen LogP contribution in [0.15, 0.2) is 54.6 Å². The van der Waals surface area contributed by atoms with Crippen molar-refractivity contribution in [1.82, 2.24) is 0 Å². The molecule has 0 unspecified atom stereocenters. The molecule has 1 aliphatic rings. The van der Waals surface area contributed by atoms with Gasteiger partial charge in [0, 0.05) is 11.0 Å². The van der Waals surface area contributed by atoms with E-state index in [2.05, 4.69) is 61.5 Å². The van der Waals surface area contributed by atoms with Crippen molar-refractivity contribution in [3.8, 4) is 5.75 Å². The monoisotopic (exact) mass is 298 g/mol. The van der Waals surface area contributed by atoms with Crippen molar-refractivity contribution < 1.29 is 4.74 Å². The molecule has 0 N–H and O–H groups in total. The lowest BCUT2D eigenvalue weighted by Gasteiger charge is -2.33. The van der Waals surface area contributed by atoms with Gasteiger partial charge in [0.25, 0.3) is 0 Å². The first kappa shape index (κ1) is 14.5. The Morgan fingerprint density at radius 2 is 1.81 bits per heavy atom. The Bertz CT molecular complexity index is 567. The first-order valence-corrected chi connectivity index (χ1v) is 8.82. The number of thioether (sulfide) groups is 1. The summed E-state index contributed by atoms with van der Waals surface area (Å²) >= 11 is 2.04. The van der Waals surface area contributed by atoms with E-state index in [4.69, 9.17) is 4.74 Å². The molecule has 0 aromatic heterocycles. The lowest BCUT2D eigenvalue weighted by molar-refractivity contribution is 0.169. The second kappa shape index (κ2) is 7.04. The molecule has 0 bridgehead atoms. The molecule has 2 aromatic rings. The number of ether oxygens (including phenoxy) is 1. The van der Waals surface area contributed by atoms with Crippen LogP contribution in [0.5, 0.6) is 5.75 Å². The highest BCUT2D eigenvalue weighted by atomic mass is 32.2. The summed E-state index contributed by atoms with van der Waals surface area (Å²) in [6.07, 6.45) is 3.78. The van der Waals surface area contributed by atoms with Crippen LogP contribution in [0.25, 0.3) is 0 Å². The number of fused-ring (bicyclic) bond motifs is 1. The highest BCUT2D eigenvalue weighted by Crippen LogP contribution is 2.35. The van der Waals surface area contributed by atoms with E-state index >= 15 is 0 Å². The fourth-order valence-corrected chi connectivity index (χ4v) is 4.15. The zero-order valence-electron chi connectivity index (χ0n) is 12.5. The molecule has 0 fully saturated rings. The standard InChI is InChI=1S/C19H22OS/c1-2-8-18-19(21-14-15-9-4-3-5-10-15)13-16-11-6-7-12-17(16)20-18/h3-7,9-12,18-19H,2,8,13-14H2,1H3/t18-,19-/m1/s1. The van der Waals surface area contributed by atoms with Crippen LogP contribution in [-0.2, 0) is 12.2 Å². The molecule has 1 aliphatic heterocycles. The second-order valence-electron chi connectivity index (χ2n) is 5.59. The van der Waals surface area contributed by atoms with E-state index in [1.807, 2.05) is 11.8 Å². The van der Waals surface area contributed by atoms with Crippen molar-refractivity contribution in [2.24, 2.45) is 0 Å². The first-order chi connectivity index (χ1) is 10.4. The SMILES string of the molecule is CCC[C@H]1Oc2ccccc2C[C@H]1SCc1ccccc1. The van der Waals surface area contributed by atoms with Crippen molar-refractivity contribution in [2.75, 3.05) is 0 Å². The average Bonchev–Trinajstić information content (AvgIpc) is 2.54. The van der Waals surface area contributed by atoms with Gasteiger partial charge < -0.3 is 4.74 Å². The molecular formula is C19H22OS. The van der Waals surface area contributed by atoms with Crippen LogP contribution in [0.3, 0.4) is 0 Å². The molecule has 21 heavy (non-hydrogen) atoms. The van der Waals surface area contributed by atoms with Gasteiger partial charge >= 0.3 is 0 Å². The van der Waals surface area contributed by atoms with E-state index in [0.29, 0.717) is 11.4 Å². The van der Waals surface area contributed by atoms with Crippen LogP contribution in [0.1, 0.15) is 30.9 Å². The van der Waals surface area contributed by atoms with Crippen molar-refractivity contribution in [3.63, 3.8) is 0 Å². The Kier molecular flexibility index (Phi) is 4.87. The summed E-state index contributed by atoms with van der Waals surface area (Å²) in [6, 6.07) is 19.2. The Morgan fingerprint density at radius 3 is 2.62 bits per heavy atom. The summed E-state index contributed by atoms with van der Waals surface area (Å²) in [6.45, 7) is 2.24. The summed E-state index contributed by atoms with van der Waals surface area (Å²) in [7, 11) is 0. The maximum Gasteiger partial charge on any atom is 0.123 e. The summed E-state index contributed by atoms with van der Waals surface area (Å²) in [5, 5.41) is 0.556. The maximum atomic E-state index is 6.25. The molecule has 3 rings (SSSR count). The van der Waals surface area contributed by atoms with Crippen molar-refractivity contribution >= 4 is 11.8 Å². The van der Waals surface area contributed by atoms with E-state index in [1.165, 1.54) is 17.5 Å². The van der Waals surface area contributed by atoms with E-state index < -0.39 is 0 Å². The minimum Gasteiger partial charge on any atom is -0.489 e. The molecule has 2 atom stereocenters. The smallest absolute Gasteiger partial charge is 0.123 e. The molecule has 2 heteroatoms. The third-order valence-corrected chi connectivity index (χ3v) is 5.37. The largest absolute Gasteiger partial charge is 0.489 e. The molecule has 2 aromatic carbocycles. The number of hydrogen-bond acceptors (Lipinski definition) is 2. The Balaban J connectivity index is 1.70. The summed E-state index contributed by atoms with van der Waals surface area (Å²) < 4.78 is 6.25. The average molecular weight is 298 g/mol. The summed E-state index contributed by atoms with van der Waals surface area (Å²) in [4.78, 5) is 0. The predicted octanol–water partition coefficient (Wildman–Crippen LogP) is 5.09. The number of hydrogen-bond donors (Lipinski definition) is 0. The molecule has 1 heterocycles. The predicted molar refractivity (Wildman–Crippen MR) is 91.0 cm³/mol. The minimum atomic E-state index is 0.346. The van der Waals surface area contributed by atoms with Gasteiger partial charge in [0.15, 0.2) is 0 Å². The highest BCUT2D eigenvalue weighted by Gasteiger charge is 2.29. The quantitative estimate of drug-likeness (QED) is 0.760. The number of benzene rings is 2. The fourth-order valence-electron chi connectivity index (χ4n) is 2.85. The second-order valence-corrected chi connectivity index (χ2v) is 6.82. The zero-order chi connectivity index (χ0) is 14.5. The molecular weight excluding hydrogens is 276 g/mol. The number of para-hydroxylation sites is 1. The third-order valence-electron chi connectivity index (χ3n) is 3.97. The highest BCUT2D eigenvalue weighted by molar-refractivity contribution is 7.99. The van der Waals surface area contributed by atoms with Crippen LogP contribution < -0.4 is 4.74 Å². The molecule has 110 valence electrons. The van der Waals surface area contributed by atoms with Gasteiger partial charge in [-0.3, -0.25) is 0 Å². The first-order valence-electron chi connectivity index (χ1n) is 7.77. The van der Waals surface area contributed by atoms with E-state index in [0.717, 1.165) is 24.3 Å². The molecule has 0 spiro atoms. The van der Waals surface area contributed by atoms with Crippen molar-refractivity contribution in [1.29, 1.82) is 0 Å². The normalized spacial score (nSPS) is 20.6. The summed E-state index contributed by atoms with van der Waals surface area (Å²) in [5.74, 6) is 2.16. The molecule has 0 aliphatic carbocycles. The Hall–Kier alpha value is -1.41. The fraction of sp³-hybridized carbons (Fsp3) is 0.368. The molecule has 0 radical (unpaired) electrons. The van der Waals surface area contributed by atoms with Crippen LogP contribution in [0, 0.1) is 0 Å². The third kappa shape index (κ3) is 3.62. The zero-order valence-corrected chi connectivity index (χ0v) is 13.3. The molecule has 0 amide bonds. The van der Waals surface area contributed by atoms with Crippen LogP contribution >= 0.6 is 11.8 Å². The molecule has 0 saturated carbocycles. The topological polar surface area (TPSA) is 9.23 Å². The Morgan fingerprint density at radius 1 is 1.05 bits per heavy atom. The van der Waals surface area contributed by atoms with Gasteiger partial charge in [-0.25, -0.2) is 0 Å². The number of rotatable bonds is 5. The van der Waals surface area contributed by atoms with Crippen LogP contribution in [0.2, 0.25) is 0 Å². The van der Waals surface area contributed by atoms with Gasteiger partial charge in [-0.15, -0.1) is 11.8 Å². The molecule has 0 saturated heterocycles. The lowest BCUT2D eigenvalue weighted by atomic mass is 9.99. The van der Waals surface area contributed by atoms with Gasteiger partial charge in [0.05, 0.1) is 0 Å². The van der Waals surface area contributed by atoms with Gasteiger partial charge in [0.2, 0.25) is 0 Å². The van der Waals surface area contributed by atoms with E-state index in [9.17, 15) is 0 Å². The Labute approximate surface area is 131 Å². The van der Waals surface area contributed by atoms with Gasteiger partial charge in [-0.1, -0.05) is 61.9 Å². The van der Waals surface area contributed by atoms with Crippen LogP contribution in [-0.4, -0.2) is 11.4 Å². The van der Waals surface area contributed by atoms with Crippen LogP contribution in [0.4, 0.5) is 0 Å². The minimum absolute atomic E-state index is 0.346. The van der Waals surface area contributed by atoms with E-state index in [1.54, 1.807) is 0 Å². The molecule has 1 nitrogen and oxygen atoms in total. The lowest BCUT2D eigenvalue weighted by Crippen LogP contribution is -2.35. The van der Waals surface area contributed by atoms with E-state index in [-0.39, 0.29) is 0 Å². The maximum absolute atomic E-state index is 6.25. The summed E-state index contributed by atoms with van der Waals surface area (Å²) in [5.41, 5.74) is 2.76. The van der Waals surface area contributed by atoms with Gasteiger partial charge in [-0.2, -0.15) is 0 Å².